The van der Waals surface area contributed by atoms with Crippen LogP contribution in [0.5, 0.6) is 0 Å². The summed E-state index contributed by atoms with van der Waals surface area (Å²) in [6, 6.07) is 10.8. The molecule has 1 aliphatic rings. The molecule has 0 saturated heterocycles. The van der Waals surface area contributed by atoms with E-state index < -0.39 is 0 Å². The SMILES string of the molecule is CC(C)c1cnc(C2(c3ccccc3)CC2)s1. The van der Waals surface area contributed by atoms with Crippen LogP contribution in [-0.4, -0.2) is 4.98 Å². The summed E-state index contributed by atoms with van der Waals surface area (Å²) >= 11 is 1.89. The summed E-state index contributed by atoms with van der Waals surface area (Å²) in [6.07, 6.45) is 4.57. The van der Waals surface area contributed by atoms with E-state index >= 15 is 0 Å². The van der Waals surface area contributed by atoms with Crippen molar-refractivity contribution >= 4 is 11.3 Å². The van der Waals surface area contributed by atoms with E-state index in [0.717, 1.165) is 0 Å². The standard InChI is InChI=1S/C15H17NS/c1-11(2)13-10-16-14(17-13)15(8-9-15)12-6-4-3-5-7-12/h3-7,10-11H,8-9H2,1-2H3. The molecule has 0 N–H and O–H groups in total. The highest BCUT2D eigenvalue weighted by Gasteiger charge is 2.48. The topological polar surface area (TPSA) is 12.9 Å². The Kier molecular flexibility index (Phi) is 2.55. The van der Waals surface area contributed by atoms with Gasteiger partial charge in [0.2, 0.25) is 0 Å². The summed E-state index contributed by atoms with van der Waals surface area (Å²) in [6.45, 7) is 4.47. The van der Waals surface area contributed by atoms with E-state index in [9.17, 15) is 0 Å². The van der Waals surface area contributed by atoms with E-state index in [1.807, 2.05) is 11.3 Å². The lowest BCUT2D eigenvalue weighted by Crippen LogP contribution is -2.07. The van der Waals surface area contributed by atoms with Crippen molar-refractivity contribution in [3.05, 3.63) is 52.0 Å². The van der Waals surface area contributed by atoms with E-state index in [2.05, 4.69) is 55.4 Å². The Labute approximate surface area is 107 Å². The molecule has 2 aromatic rings. The lowest BCUT2D eigenvalue weighted by atomic mass is 9.97. The van der Waals surface area contributed by atoms with Gasteiger partial charge in [-0.2, -0.15) is 0 Å². The molecule has 0 spiro atoms. The fourth-order valence-corrected chi connectivity index (χ4v) is 3.47. The molecule has 1 fully saturated rings. The van der Waals surface area contributed by atoms with E-state index in [1.54, 1.807) is 0 Å². The van der Waals surface area contributed by atoms with Gasteiger partial charge in [0.25, 0.3) is 0 Å². The normalized spacial score (nSPS) is 17.4. The molecule has 1 heterocycles. The molecule has 0 radical (unpaired) electrons. The highest BCUT2D eigenvalue weighted by Crippen LogP contribution is 2.54. The van der Waals surface area contributed by atoms with Gasteiger partial charge in [0.1, 0.15) is 5.01 Å². The van der Waals surface area contributed by atoms with Crippen molar-refractivity contribution in [3.8, 4) is 0 Å². The van der Waals surface area contributed by atoms with Crippen LogP contribution in [0.2, 0.25) is 0 Å². The van der Waals surface area contributed by atoms with Gasteiger partial charge in [-0.3, -0.25) is 0 Å². The molecule has 1 aliphatic carbocycles. The van der Waals surface area contributed by atoms with Gasteiger partial charge in [-0.05, 0) is 24.3 Å². The quantitative estimate of drug-likeness (QED) is 0.781. The summed E-state index contributed by atoms with van der Waals surface area (Å²) in [5, 5.41) is 1.31. The van der Waals surface area contributed by atoms with Gasteiger partial charge in [-0.15, -0.1) is 11.3 Å². The van der Waals surface area contributed by atoms with E-state index in [-0.39, 0.29) is 5.41 Å². The molecule has 17 heavy (non-hydrogen) atoms. The Morgan fingerprint density at radius 1 is 1.18 bits per heavy atom. The summed E-state index contributed by atoms with van der Waals surface area (Å²) in [7, 11) is 0. The second-order valence-corrected chi connectivity index (χ2v) is 6.23. The van der Waals surface area contributed by atoms with E-state index in [1.165, 1.54) is 28.3 Å². The molecule has 3 rings (SSSR count). The number of nitrogens with zero attached hydrogens (tertiary/aromatic N) is 1. The van der Waals surface area contributed by atoms with Crippen molar-refractivity contribution in [3.63, 3.8) is 0 Å². The second kappa shape index (κ2) is 3.95. The Hall–Kier alpha value is -1.15. The van der Waals surface area contributed by atoms with Crippen LogP contribution in [0, 0.1) is 0 Å². The van der Waals surface area contributed by atoms with Gasteiger partial charge < -0.3 is 0 Å². The fourth-order valence-electron chi connectivity index (χ4n) is 2.28. The minimum atomic E-state index is 0.249. The van der Waals surface area contributed by atoms with Crippen molar-refractivity contribution in [2.75, 3.05) is 0 Å². The van der Waals surface area contributed by atoms with E-state index in [4.69, 9.17) is 0 Å². The van der Waals surface area contributed by atoms with Crippen molar-refractivity contribution in [1.82, 2.24) is 4.98 Å². The molecule has 1 aromatic carbocycles. The highest BCUT2D eigenvalue weighted by molar-refractivity contribution is 7.11. The van der Waals surface area contributed by atoms with Crippen LogP contribution in [0.25, 0.3) is 0 Å². The summed E-state index contributed by atoms with van der Waals surface area (Å²) < 4.78 is 0. The number of benzene rings is 1. The number of hydrogen-bond donors (Lipinski definition) is 0. The first kappa shape index (κ1) is 11.0. The van der Waals surface area contributed by atoms with Crippen LogP contribution in [0.3, 0.4) is 0 Å². The zero-order valence-electron chi connectivity index (χ0n) is 10.3. The third kappa shape index (κ3) is 1.81. The maximum absolute atomic E-state index is 4.67. The van der Waals surface area contributed by atoms with Crippen LogP contribution in [0.15, 0.2) is 36.5 Å². The first-order valence-corrected chi connectivity index (χ1v) is 7.06. The fraction of sp³-hybridized carbons (Fsp3) is 0.400. The summed E-state index contributed by atoms with van der Waals surface area (Å²) in [4.78, 5) is 6.07. The van der Waals surface area contributed by atoms with Gasteiger partial charge in [0.15, 0.2) is 0 Å². The smallest absolute Gasteiger partial charge is 0.103 e. The molecule has 1 saturated carbocycles. The number of rotatable bonds is 3. The lowest BCUT2D eigenvalue weighted by molar-refractivity contribution is 0.832. The zero-order valence-corrected chi connectivity index (χ0v) is 11.1. The minimum absolute atomic E-state index is 0.249. The molecule has 2 heteroatoms. The average molecular weight is 243 g/mol. The maximum atomic E-state index is 4.67. The molecule has 0 unspecified atom stereocenters. The molecule has 0 aliphatic heterocycles. The molecular weight excluding hydrogens is 226 g/mol. The molecule has 88 valence electrons. The summed E-state index contributed by atoms with van der Waals surface area (Å²) in [5.41, 5.74) is 1.68. The van der Waals surface area contributed by atoms with Crippen molar-refractivity contribution in [2.24, 2.45) is 0 Å². The van der Waals surface area contributed by atoms with Crippen LogP contribution in [0.1, 0.15) is 48.1 Å². The van der Waals surface area contributed by atoms with Crippen molar-refractivity contribution in [1.29, 1.82) is 0 Å². The molecule has 0 amide bonds. The predicted molar refractivity (Wildman–Crippen MR) is 72.7 cm³/mol. The zero-order chi connectivity index (χ0) is 11.9. The van der Waals surface area contributed by atoms with E-state index in [0.29, 0.717) is 5.92 Å². The predicted octanol–water partition coefficient (Wildman–Crippen LogP) is 4.35. The Balaban J connectivity index is 1.98. The summed E-state index contributed by atoms with van der Waals surface area (Å²) in [5.74, 6) is 0.591. The minimum Gasteiger partial charge on any atom is -0.248 e. The van der Waals surface area contributed by atoms with Gasteiger partial charge in [-0.1, -0.05) is 44.2 Å². The number of hydrogen-bond acceptors (Lipinski definition) is 2. The Morgan fingerprint density at radius 3 is 2.41 bits per heavy atom. The van der Waals surface area contributed by atoms with Gasteiger partial charge in [0, 0.05) is 16.5 Å². The highest BCUT2D eigenvalue weighted by atomic mass is 32.1. The third-order valence-electron chi connectivity index (χ3n) is 3.58. The number of aromatic nitrogens is 1. The molecule has 0 bridgehead atoms. The molecule has 1 aromatic heterocycles. The third-order valence-corrected chi connectivity index (χ3v) is 5.08. The second-order valence-electron chi connectivity index (χ2n) is 5.17. The molecule has 0 atom stereocenters. The molecule has 1 nitrogen and oxygen atoms in total. The van der Waals surface area contributed by atoms with Gasteiger partial charge in [-0.25, -0.2) is 4.98 Å². The average Bonchev–Trinajstić information content (AvgIpc) is 3.00. The largest absolute Gasteiger partial charge is 0.248 e. The lowest BCUT2D eigenvalue weighted by Gasteiger charge is -2.12. The van der Waals surface area contributed by atoms with Crippen LogP contribution in [-0.2, 0) is 5.41 Å². The van der Waals surface area contributed by atoms with Crippen molar-refractivity contribution < 1.29 is 0 Å². The van der Waals surface area contributed by atoms with Crippen LogP contribution in [0.4, 0.5) is 0 Å². The van der Waals surface area contributed by atoms with Gasteiger partial charge in [0.05, 0.1) is 0 Å². The first-order valence-electron chi connectivity index (χ1n) is 6.24. The first-order chi connectivity index (χ1) is 8.22. The number of thiazole rings is 1. The Bertz CT molecular complexity index is 509. The monoisotopic (exact) mass is 243 g/mol. The van der Waals surface area contributed by atoms with Crippen LogP contribution >= 0.6 is 11.3 Å². The maximum Gasteiger partial charge on any atom is 0.103 e. The molecular formula is C15H17NS. The van der Waals surface area contributed by atoms with Crippen molar-refractivity contribution in [2.45, 2.75) is 38.0 Å². The Morgan fingerprint density at radius 2 is 1.88 bits per heavy atom. The van der Waals surface area contributed by atoms with Crippen LogP contribution < -0.4 is 0 Å². The van der Waals surface area contributed by atoms with Gasteiger partial charge >= 0.3 is 0 Å².